The summed E-state index contributed by atoms with van der Waals surface area (Å²) in [5, 5.41) is 0.437. The first-order valence-corrected chi connectivity index (χ1v) is 8.77. The minimum Gasteiger partial charge on any atom is -0.397 e. The average molecular weight is 441 g/mol. The molecule has 0 saturated heterocycles. The average Bonchev–Trinajstić information content (AvgIpc) is 2.36. The van der Waals surface area contributed by atoms with Crippen LogP contribution in [0.15, 0.2) is 50.2 Å². The fourth-order valence-electron chi connectivity index (χ4n) is 1.47. The summed E-state index contributed by atoms with van der Waals surface area (Å²) in [5.41, 5.74) is 6.42. The van der Waals surface area contributed by atoms with Crippen LogP contribution in [0.4, 0.5) is 11.4 Å². The summed E-state index contributed by atoms with van der Waals surface area (Å²) in [7, 11) is -3.72. The van der Waals surface area contributed by atoms with Gasteiger partial charge in [-0.25, -0.2) is 8.42 Å². The van der Waals surface area contributed by atoms with Gasteiger partial charge in [-0.15, -0.1) is 0 Å². The number of nitrogen functional groups attached to an aromatic ring is 1. The van der Waals surface area contributed by atoms with Crippen molar-refractivity contribution in [2.45, 2.75) is 4.90 Å². The van der Waals surface area contributed by atoms with Crippen molar-refractivity contribution in [3.63, 3.8) is 0 Å². The van der Waals surface area contributed by atoms with Crippen LogP contribution in [0.5, 0.6) is 0 Å². The van der Waals surface area contributed by atoms with Gasteiger partial charge in [-0.05, 0) is 52.3 Å². The second-order valence-corrected chi connectivity index (χ2v) is 7.77. The van der Waals surface area contributed by atoms with Gasteiger partial charge in [0.25, 0.3) is 10.0 Å². The molecule has 0 radical (unpaired) electrons. The summed E-state index contributed by atoms with van der Waals surface area (Å²) in [6.07, 6.45) is 0. The molecule has 0 bridgehead atoms. The number of halogens is 3. The van der Waals surface area contributed by atoms with E-state index in [9.17, 15) is 8.42 Å². The molecule has 0 aliphatic carbocycles. The predicted octanol–water partition coefficient (Wildman–Crippen LogP) is 4.25. The molecule has 2 rings (SSSR count). The van der Waals surface area contributed by atoms with Crippen LogP contribution in [0.3, 0.4) is 0 Å². The molecule has 4 nitrogen and oxygen atoms in total. The lowest BCUT2D eigenvalue weighted by molar-refractivity contribution is 0.601. The van der Waals surface area contributed by atoms with E-state index in [1.54, 1.807) is 18.2 Å². The normalized spacial score (nSPS) is 11.3. The van der Waals surface area contributed by atoms with E-state index in [0.717, 1.165) is 4.47 Å². The highest BCUT2D eigenvalue weighted by molar-refractivity contribution is 9.10. The van der Waals surface area contributed by atoms with Crippen molar-refractivity contribution in [3.05, 3.63) is 50.4 Å². The van der Waals surface area contributed by atoms with Crippen LogP contribution in [0.2, 0.25) is 5.02 Å². The van der Waals surface area contributed by atoms with E-state index in [-0.39, 0.29) is 4.90 Å². The molecule has 0 atom stereocenters. The second-order valence-electron chi connectivity index (χ2n) is 3.91. The van der Waals surface area contributed by atoms with Crippen LogP contribution < -0.4 is 10.5 Å². The lowest BCUT2D eigenvalue weighted by Crippen LogP contribution is -2.14. The Morgan fingerprint density at radius 2 is 1.80 bits per heavy atom. The van der Waals surface area contributed by atoms with Gasteiger partial charge in [0.15, 0.2) is 0 Å². The molecule has 0 aromatic heterocycles. The molecular weight excluding hydrogens is 431 g/mol. The van der Waals surface area contributed by atoms with Crippen LogP contribution in [0.25, 0.3) is 0 Å². The highest BCUT2D eigenvalue weighted by atomic mass is 79.9. The minimum absolute atomic E-state index is 0.0936. The molecular formula is C12H9Br2ClN2O2S. The zero-order valence-electron chi connectivity index (χ0n) is 9.90. The Kier molecular flexibility index (Phi) is 4.63. The quantitative estimate of drug-likeness (QED) is 0.701. The molecule has 0 unspecified atom stereocenters. The minimum atomic E-state index is -3.72. The van der Waals surface area contributed by atoms with Crippen LogP contribution >= 0.6 is 43.5 Å². The Bertz CT molecular complexity index is 766. The third-order valence-corrected chi connectivity index (χ3v) is 5.53. The van der Waals surface area contributed by atoms with E-state index >= 15 is 0 Å². The Balaban J connectivity index is 2.38. The van der Waals surface area contributed by atoms with Gasteiger partial charge < -0.3 is 5.73 Å². The summed E-state index contributed by atoms with van der Waals surface area (Å²) < 4.78 is 28.2. The van der Waals surface area contributed by atoms with Gasteiger partial charge in [-0.3, -0.25) is 4.72 Å². The van der Waals surface area contributed by atoms with E-state index in [4.69, 9.17) is 17.3 Å². The van der Waals surface area contributed by atoms with E-state index in [2.05, 4.69) is 36.6 Å². The van der Waals surface area contributed by atoms with E-state index in [1.165, 1.54) is 18.2 Å². The largest absolute Gasteiger partial charge is 0.397 e. The van der Waals surface area contributed by atoms with Crippen molar-refractivity contribution in [1.82, 2.24) is 0 Å². The standard InChI is InChI=1S/C12H9Br2ClN2O2S/c13-7-1-4-12(11(16)5-7)17-20(18,19)8-2-3-10(15)9(14)6-8/h1-6,17H,16H2. The van der Waals surface area contributed by atoms with Gasteiger partial charge in [0.1, 0.15) is 0 Å². The summed E-state index contributed by atoms with van der Waals surface area (Å²) >= 11 is 12.3. The molecule has 0 heterocycles. The monoisotopic (exact) mass is 438 g/mol. The number of anilines is 2. The van der Waals surface area contributed by atoms with Crippen LogP contribution in [0.1, 0.15) is 0 Å². The van der Waals surface area contributed by atoms with E-state index in [1.807, 2.05) is 0 Å². The molecule has 2 aromatic rings. The van der Waals surface area contributed by atoms with Crippen molar-refractivity contribution < 1.29 is 8.42 Å². The summed E-state index contributed by atoms with van der Waals surface area (Å²) in [6.45, 7) is 0. The summed E-state index contributed by atoms with van der Waals surface area (Å²) in [5.74, 6) is 0. The molecule has 106 valence electrons. The number of rotatable bonds is 3. The first-order chi connectivity index (χ1) is 9.29. The van der Waals surface area contributed by atoms with E-state index < -0.39 is 10.0 Å². The Labute approximate surface area is 138 Å². The van der Waals surface area contributed by atoms with Crippen molar-refractivity contribution in [2.75, 3.05) is 10.5 Å². The molecule has 3 N–H and O–H groups in total. The molecule has 0 saturated carbocycles. The maximum absolute atomic E-state index is 12.3. The Morgan fingerprint density at radius 3 is 2.40 bits per heavy atom. The van der Waals surface area contributed by atoms with Crippen LogP contribution in [-0.4, -0.2) is 8.42 Å². The highest BCUT2D eigenvalue weighted by Crippen LogP contribution is 2.28. The number of hydrogen-bond acceptors (Lipinski definition) is 3. The third-order valence-electron chi connectivity index (χ3n) is 2.46. The molecule has 0 aliphatic rings. The maximum Gasteiger partial charge on any atom is 0.262 e. The predicted molar refractivity (Wildman–Crippen MR) is 88.5 cm³/mol. The zero-order chi connectivity index (χ0) is 14.9. The molecule has 0 amide bonds. The summed E-state index contributed by atoms with van der Waals surface area (Å²) in [6, 6.07) is 9.26. The first kappa shape index (κ1) is 15.6. The van der Waals surface area contributed by atoms with Crippen molar-refractivity contribution in [3.8, 4) is 0 Å². The van der Waals surface area contributed by atoms with Crippen molar-refractivity contribution >= 4 is 64.9 Å². The Hall–Kier alpha value is -0.760. The lowest BCUT2D eigenvalue weighted by Gasteiger charge is -2.11. The van der Waals surface area contributed by atoms with Gasteiger partial charge in [0.2, 0.25) is 0 Å². The van der Waals surface area contributed by atoms with Crippen LogP contribution in [-0.2, 0) is 10.0 Å². The van der Waals surface area contributed by atoms with Crippen molar-refractivity contribution in [1.29, 1.82) is 0 Å². The van der Waals surface area contributed by atoms with Gasteiger partial charge in [-0.2, -0.15) is 0 Å². The number of nitrogens with one attached hydrogen (secondary N) is 1. The SMILES string of the molecule is Nc1cc(Br)ccc1NS(=O)(=O)c1ccc(Cl)c(Br)c1. The van der Waals surface area contributed by atoms with Crippen LogP contribution in [0, 0.1) is 0 Å². The maximum atomic E-state index is 12.3. The Morgan fingerprint density at radius 1 is 1.10 bits per heavy atom. The molecule has 2 aromatic carbocycles. The lowest BCUT2D eigenvalue weighted by atomic mass is 10.3. The topological polar surface area (TPSA) is 72.2 Å². The molecule has 8 heteroatoms. The van der Waals surface area contributed by atoms with Gasteiger partial charge >= 0.3 is 0 Å². The summed E-state index contributed by atoms with van der Waals surface area (Å²) in [4.78, 5) is 0.0936. The van der Waals surface area contributed by atoms with E-state index in [0.29, 0.717) is 20.9 Å². The molecule has 20 heavy (non-hydrogen) atoms. The number of benzene rings is 2. The van der Waals surface area contributed by atoms with Gasteiger partial charge in [-0.1, -0.05) is 27.5 Å². The first-order valence-electron chi connectivity index (χ1n) is 5.32. The zero-order valence-corrected chi connectivity index (χ0v) is 14.6. The molecule has 0 aliphatic heterocycles. The molecule has 0 spiro atoms. The highest BCUT2D eigenvalue weighted by Gasteiger charge is 2.16. The second kappa shape index (κ2) is 5.93. The number of nitrogens with two attached hydrogens (primary N) is 1. The van der Waals surface area contributed by atoms with Crippen molar-refractivity contribution in [2.24, 2.45) is 0 Å². The number of hydrogen-bond donors (Lipinski definition) is 2. The number of sulfonamides is 1. The van der Waals surface area contributed by atoms with Gasteiger partial charge in [0.05, 0.1) is 21.3 Å². The fraction of sp³-hybridized carbons (Fsp3) is 0. The smallest absolute Gasteiger partial charge is 0.262 e. The fourth-order valence-corrected chi connectivity index (χ4v) is 3.61. The molecule has 0 fully saturated rings. The third kappa shape index (κ3) is 3.46. The van der Waals surface area contributed by atoms with Gasteiger partial charge in [0, 0.05) is 8.95 Å².